The van der Waals surface area contributed by atoms with Crippen LogP contribution in [0.4, 0.5) is 0 Å². The van der Waals surface area contributed by atoms with Gasteiger partial charge in [-0.05, 0) is 42.0 Å². The maximum atomic E-state index is 12.5. The fourth-order valence-electron chi connectivity index (χ4n) is 3.64. The Hall–Kier alpha value is -2.33. The molecule has 0 spiro atoms. The Morgan fingerprint density at radius 1 is 1.07 bits per heavy atom. The summed E-state index contributed by atoms with van der Waals surface area (Å²) in [7, 11) is 0. The smallest absolute Gasteiger partial charge is 0.251 e. The molecule has 3 rings (SSSR count). The van der Waals surface area contributed by atoms with Crippen LogP contribution in [-0.2, 0) is 6.54 Å². The van der Waals surface area contributed by atoms with Crippen LogP contribution >= 0.6 is 0 Å². The molecule has 28 heavy (non-hydrogen) atoms. The number of hydrogen-bond acceptors (Lipinski definition) is 3. The summed E-state index contributed by atoms with van der Waals surface area (Å²) in [5, 5.41) is 2.97. The monoisotopic (exact) mass is 380 g/mol. The molecule has 4 heteroatoms. The fraction of sp³-hybridized carbons (Fsp3) is 0.458. The molecule has 1 N–H and O–H groups in total. The Morgan fingerprint density at radius 3 is 2.46 bits per heavy atom. The normalized spacial score (nSPS) is 16.0. The number of piperidine rings is 1. The van der Waals surface area contributed by atoms with Gasteiger partial charge in [0.05, 0.1) is 0 Å². The zero-order valence-corrected chi connectivity index (χ0v) is 17.3. The lowest BCUT2D eigenvalue weighted by Crippen LogP contribution is -2.42. The van der Waals surface area contributed by atoms with Crippen molar-refractivity contribution in [2.75, 3.05) is 19.6 Å². The first kappa shape index (κ1) is 20.4. The third-order valence-electron chi connectivity index (χ3n) is 4.93. The highest BCUT2D eigenvalue weighted by atomic mass is 16.5. The molecule has 1 heterocycles. The van der Waals surface area contributed by atoms with E-state index < -0.39 is 0 Å². The van der Waals surface area contributed by atoms with Gasteiger partial charge in [0, 0.05) is 31.7 Å². The van der Waals surface area contributed by atoms with Crippen molar-refractivity contribution in [3.05, 3.63) is 65.7 Å². The molecular formula is C24H32N2O2. The summed E-state index contributed by atoms with van der Waals surface area (Å²) in [5.74, 6) is 0.705. The van der Waals surface area contributed by atoms with Gasteiger partial charge in [-0.2, -0.15) is 0 Å². The third-order valence-corrected chi connectivity index (χ3v) is 4.93. The molecule has 1 amide bonds. The second-order valence-corrected chi connectivity index (χ2v) is 8.85. The number of carbonyl (C=O) groups is 1. The van der Waals surface area contributed by atoms with Crippen LogP contribution in [0.15, 0.2) is 54.6 Å². The van der Waals surface area contributed by atoms with Crippen molar-refractivity contribution in [2.45, 2.75) is 46.3 Å². The van der Waals surface area contributed by atoms with Gasteiger partial charge in [-0.25, -0.2) is 0 Å². The zero-order valence-electron chi connectivity index (χ0n) is 17.3. The van der Waals surface area contributed by atoms with E-state index in [0.29, 0.717) is 17.5 Å². The SMILES string of the molecule is CC(C)(C)CN1CCC(Oc2cccc(C(=O)NCc3ccccc3)c2)CC1. The molecule has 150 valence electrons. The van der Waals surface area contributed by atoms with Crippen molar-refractivity contribution in [3.63, 3.8) is 0 Å². The summed E-state index contributed by atoms with van der Waals surface area (Å²) in [5.41, 5.74) is 2.05. The van der Waals surface area contributed by atoms with Crippen molar-refractivity contribution in [2.24, 2.45) is 5.41 Å². The lowest BCUT2D eigenvalue weighted by atomic mass is 9.94. The van der Waals surface area contributed by atoms with Crippen molar-refractivity contribution in [3.8, 4) is 5.75 Å². The van der Waals surface area contributed by atoms with Crippen LogP contribution in [0.3, 0.4) is 0 Å². The van der Waals surface area contributed by atoms with Crippen LogP contribution in [0.25, 0.3) is 0 Å². The number of benzene rings is 2. The topological polar surface area (TPSA) is 41.6 Å². The van der Waals surface area contributed by atoms with Gasteiger partial charge < -0.3 is 15.0 Å². The lowest BCUT2D eigenvalue weighted by Gasteiger charge is -2.36. The van der Waals surface area contributed by atoms with E-state index in [9.17, 15) is 4.79 Å². The summed E-state index contributed by atoms with van der Waals surface area (Å²) in [6.07, 6.45) is 2.28. The molecule has 1 fully saturated rings. The molecule has 2 aromatic rings. The van der Waals surface area contributed by atoms with Gasteiger partial charge in [-0.1, -0.05) is 57.2 Å². The molecule has 0 unspecified atom stereocenters. The van der Waals surface area contributed by atoms with Gasteiger partial charge in [0.15, 0.2) is 0 Å². The summed E-state index contributed by atoms with van der Waals surface area (Å²) in [6, 6.07) is 17.4. The quantitative estimate of drug-likeness (QED) is 0.802. The highest BCUT2D eigenvalue weighted by molar-refractivity contribution is 5.94. The van der Waals surface area contributed by atoms with E-state index in [1.807, 2.05) is 54.6 Å². The number of ether oxygens (including phenoxy) is 1. The first-order valence-electron chi connectivity index (χ1n) is 10.2. The minimum atomic E-state index is -0.0747. The van der Waals surface area contributed by atoms with E-state index in [2.05, 4.69) is 31.0 Å². The summed E-state index contributed by atoms with van der Waals surface area (Å²) < 4.78 is 6.18. The van der Waals surface area contributed by atoms with Crippen molar-refractivity contribution < 1.29 is 9.53 Å². The molecule has 0 aromatic heterocycles. The summed E-state index contributed by atoms with van der Waals surface area (Å²) in [4.78, 5) is 15.0. The molecule has 1 saturated heterocycles. The number of rotatable bonds is 6. The van der Waals surface area contributed by atoms with Gasteiger partial charge >= 0.3 is 0 Å². The number of nitrogens with one attached hydrogen (secondary N) is 1. The fourth-order valence-corrected chi connectivity index (χ4v) is 3.64. The standard InChI is InChI=1S/C24H32N2O2/c1-24(2,3)18-26-14-12-21(13-15-26)28-22-11-7-10-20(16-22)23(27)25-17-19-8-5-4-6-9-19/h4-11,16,21H,12-15,17-18H2,1-3H3,(H,25,27). The van der Waals surface area contributed by atoms with Gasteiger partial charge in [0.25, 0.3) is 5.91 Å². The second-order valence-electron chi connectivity index (χ2n) is 8.85. The Morgan fingerprint density at radius 2 is 1.79 bits per heavy atom. The maximum Gasteiger partial charge on any atom is 0.251 e. The second kappa shape index (κ2) is 9.24. The number of amides is 1. The Labute approximate surface area is 168 Å². The van der Waals surface area contributed by atoms with Gasteiger partial charge in [0.1, 0.15) is 11.9 Å². The molecule has 4 nitrogen and oxygen atoms in total. The van der Waals surface area contributed by atoms with Crippen LogP contribution in [0, 0.1) is 5.41 Å². The van der Waals surface area contributed by atoms with Crippen LogP contribution in [0.2, 0.25) is 0 Å². The largest absolute Gasteiger partial charge is 0.490 e. The number of carbonyl (C=O) groups excluding carboxylic acids is 1. The predicted molar refractivity (Wildman–Crippen MR) is 114 cm³/mol. The van der Waals surface area contributed by atoms with Crippen molar-refractivity contribution in [1.29, 1.82) is 0 Å². The van der Waals surface area contributed by atoms with E-state index in [1.54, 1.807) is 0 Å². The first-order valence-corrected chi connectivity index (χ1v) is 10.2. The number of nitrogens with zero attached hydrogens (tertiary/aromatic N) is 1. The Bertz CT molecular complexity index is 760. The lowest BCUT2D eigenvalue weighted by molar-refractivity contribution is 0.0808. The highest BCUT2D eigenvalue weighted by Crippen LogP contribution is 2.23. The van der Waals surface area contributed by atoms with Crippen LogP contribution in [0.5, 0.6) is 5.75 Å². The van der Waals surface area contributed by atoms with E-state index in [4.69, 9.17) is 4.74 Å². The van der Waals surface area contributed by atoms with Gasteiger partial charge in [-0.15, -0.1) is 0 Å². The van der Waals surface area contributed by atoms with Crippen molar-refractivity contribution in [1.82, 2.24) is 10.2 Å². The van der Waals surface area contributed by atoms with Crippen LogP contribution in [-0.4, -0.2) is 36.5 Å². The van der Waals surface area contributed by atoms with E-state index in [-0.39, 0.29) is 12.0 Å². The average molecular weight is 381 g/mol. The van der Waals surface area contributed by atoms with Crippen LogP contribution < -0.4 is 10.1 Å². The molecule has 2 aromatic carbocycles. The maximum absolute atomic E-state index is 12.5. The van der Waals surface area contributed by atoms with E-state index in [0.717, 1.165) is 43.8 Å². The molecule has 0 saturated carbocycles. The highest BCUT2D eigenvalue weighted by Gasteiger charge is 2.24. The van der Waals surface area contributed by atoms with Gasteiger partial charge in [0.2, 0.25) is 0 Å². The first-order chi connectivity index (χ1) is 13.4. The zero-order chi connectivity index (χ0) is 20.0. The molecule has 1 aliphatic rings. The van der Waals surface area contributed by atoms with Gasteiger partial charge in [-0.3, -0.25) is 4.79 Å². The Balaban J connectivity index is 1.50. The molecule has 0 bridgehead atoms. The van der Waals surface area contributed by atoms with Crippen molar-refractivity contribution >= 4 is 5.91 Å². The number of hydrogen-bond donors (Lipinski definition) is 1. The average Bonchev–Trinajstić information content (AvgIpc) is 2.67. The summed E-state index contributed by atoms with van der Waals surface area (Å²) in [6.45, 7) is 10.6. The van der Waals surface area contributed by atoms with E-state index in [1.165, 1.54) is 0 Å². The third kappa shape index (κ3) is 6.38. The molecule has 0 aliphatic carbocycles. The summed E-state index contributed by atoms with van der Waals surface area (Å²) >= 11 is 0. The molecule has 0 radical (unpaired) electrons. The molecular weight excluding hydrogens is 348 g/mol. The Kier molecular flexibility index (Phi) is 6.74. The molecule has 1 aliphatic heterocycles. The number of likely N-dealkylation sites (tertiary alicyclic amines) is 1. The minimum absolute atomic E-state index is 0.0747. The predicted octanol–water partition coefficient (Wildman–Crippen LogP) is 4.51. The minimum Gasteiger partial charge on any atom is -0.490 e. The van der Waals surface area contributed by atoms with Crippen LogP contribution in [0.1, 0.15) is 49.5 Å². The molecule has 0 atom stereocenters. The van der Waals surface area contributed by atoms with E-state index >= 15 is 0 Å².